The highest BCUT2D eigenvalue weighted by atomic mass is 16.3. The van der Waals surface area contributed by atoms with Crippen molar-refractivity contribution in [2.75, 3.05) is 5.73 Å². The monoisotopic (exact) mass is 317 g/mol. The van der Waals surface area contributed by atoms with Crippen molar-refractivity contribution in [1.29, 1.82) is 5.26 Å². The largest absolute Gasteiger partial charge is 0.461 e. The summed E-state index contributed by atoms with van der Waals surface area (Å²) in [6, 6.07) is 16.0. The predicted octanol–water partition coefficient (Wildman–Crippen LogP) is 4.72. The Labute approximate surface area is 141 Å². The summed E-state index contributed by atoms with van der Waals surface area (Å²) < 4.78 is 5.67. The molecule has 0 amide bonds. The average molecular weight is 317 g/mol. The molecule has 0 fully saturated rings. The molecule has 0 spiro atoms. The lowest BCUT2D eigenvalue weighted by molar-refractivity contribution is 0.548. The molecule has 0 aliphatic heterocycles. The highest BCUT2D eigenvalue weighted by Crippen LogP contribution is 2.32. The lowest BCUT2D eigenvalue weighted by atomic mass is 10.0. The van der Waals surface area contributed by atoms with Gasteiger partial charge in [0.1, 0.15) is 29.0 Å². The van der Waals surface area contributed by atoms with Crippen LogP contribution in [0.2, 0.25) is 0 Å². The van der Waals surface area contributed by atoms with Crippen molar-refractivity contribution in [2.24, 2.45) is 0 Å². The van der Waals surface area contributed by atoms with Crippen LogP contribution < -0.4 is 5.73 Å². The van der Waals surface area contributed by atoms with Crippen LogP contribution in [0, 0.1) is 18.3 Å². The second-order valence-electron chi connectivity index (χ2n) is 5.78. The molecule has 3 aromatic rings. The smallest absolute Gasteiger partial charge is 0.142 e. The second-order valence-corrected chi connectivity index (χ2v) is 5.78. The summed E-state index contributed by atoms with van der Waals surface area (Å²) in [5.41, 5.74) is 10.0. The fourth-order valence-electron chi connectivity index (χ4n) is 2.73. The maximum atomic E-state index is 9.41. The Morgan fingerprint density at radius 1 is 1.17 bits per heavy atom. The van der Waals surface area contributed by atoms with Gasteiger partial charge in [-0.1, -0.05) is 37.6 Å². The first kappa shape index (κ1) is 15.8. The number of benzene rings is 1. The predicted molar refractivity (Wildman–Crippen MR) is 95.2 cm³/mol. The lowest BCUT2D eigenvalue weighted by Crippen LogP contribution is -1.99. The quantitative estimate of drug-likeness (QED) is 0.755. The molecule has 24 heavy (non-hydrogen) atoms. The minimum absolute atomic E-state index is 0.219. The zero-order valence-corrected chi connectivity index (χ0v) is 13.8. The first-order valence-corrected chi connectivity index (χ1v) is 7.99. The van der Waals surface area contributed by atoms with Crippen molar-refractivity contribution < 1.29 is 4.42 Å². The number of hydrogen-bond acceptors (Lipinski definition) is 4. The van der Waals surface area contributed by atoms with Crippen molar-refractivity contribution in [3.05, 3.63) is 59.4 Å². The van der Waals surface area contributed by atoms with Gasteiger partial charge in [-0.2, -0.15) is 5.26 Å². The van der Waals surface area contributed by atoms with Crippen molar-refractivity contribution >= 4 is 5.82 Å². The van der Waals surface area contributed by atoms with Gasteiger partial charge < -0.3 is 10.2 Å². The van der Waals surface area contributed by atoms with Gasteiger partial charge in [-0.25, -0.2) is 4.98 Å². The standard InChI is InChI=1S/C20H19N3O/c1-3-4-14-6-8-15(9-7-14)18-11-16(17(12-21)20(22)23-18)19-10-5-13(2)24-19/h5-11H,3-4H2,1-2H3,(H2,22,23). The van der Waals surface area contributed by atoms with Gasteiger partial charge in [-0.05, 0) is 37.1 Å². The number of nitrogen functional groups attached to an aromatic ring is 1. The molecule has 4 nitrogen and oxygen atoms in total. The molecule has 1 aromatic carbocycles. The van der Waals surface area contributed by atoms with Crippen LogP contribution in [0.15, 0.2) is 46.9 Å². The molecule has 0 atom stereocenters. The van der Waals surface area contributed by atoms with Gasteiger partial charge in [-0.15, -0.1) is 0 Å². The normalized spacial score (nSPS) is 10.5. The number of anilines is 1. The summed E-state index contributed by atoms with van der Waals surface area (Å²) in [6.45, 7) is 4.03. The molecule has 0 saturated heterocycles. The van der Waals surface area contributed by atoms with Gasteiger partial charge in [0.15, 0.2) is 0 Å². The topological polar surface area (TPSA) is 75.8 Å². The molecule has 4 heteroatoms. The Hall–Kier alpha value is -3.06. The van der Waals surface area contributed by atoms with Crippen LogP contribution in [-0.2, 0) is 6.42 Å². The van der Waals surface area contributed by atoms with Crippen LogP contribution in [0.25, 0.3) is 22.6 Å². The van der Waals surface area contributed by atoms with E-state index in [2.05, 4.69) is 30.1 Å². The number of aromatic nitrogens is 1. The molecule has 3 rings (SSSR count). The zero-order chi connectivity index (χ0) is 17.1. The van der Waals surface area contributed by atoms with E-state index in [1.807, 2.05) is 37.3 Å². The summed E-state index contributed by atoms with van der Waals surface area (Å²) in [4.78, 5) is 4.40. The van der Waals surface area contributed by atoms with Gasteiger partial charge in [0.25, 0.3) is 0 Å². The molecule has 0 unspecified atom stereocenters. The number of pyridine rings is 1. The summed E-state index contributed by atoms with van der Waals surface area (Å²) in [5, 5.41) is 9.41. The first-order chi connectivity index (χ1) is 11.6. The average Bonchev–Trinajstić information content (AvgIpc) is 3.01. The maximum absolute atomic E-state index is 9.41. The Bertz CT molecular complexity index is 902. The number of furan rings is 1. The molecular weight excluding hydrogens is 298 g/mol. The van der Waals surface area contributed by atoms with E-state index in [-0.39, 0.29) is 5.82 Å². The Balaban J connectivity index is 2.09. The first-order valence-electron chi connectivity index (χ1n) is 7.99. The van der Waals surface area contributed by atoms with E-state index in [9.17, 15) is 5.26 Å². The fraction of sp³-hybridized carbons (Fsp3) is 0.200. The number of nitrogens with zero attached hydrogens (tertiary/aromatic N) is 2. The summed E-state index contributed by atoms with van der Waals surface area (Å²) in [5.74, 6) is 1.63. The highest BCUT2D eigenvalue weighted by Gasteiger charge is 2.15. The van der Waals surface area contributed by atoms with Gasteiger partial charge in [0.2, 0.25) is 0 Å². The third-order valence-electron chi connectivity index (χ3n) is 3.95. The zero-order valence-electron chi connectivity index (χ0n) is 13.8. The number of aryl methyl sites for hydroxylation is 2. The van der Waals surface area contributed by atoms with Crippen LogP contribution in [-0.4, -0.2) is 4.98 Å². The van der Waals surface area contributed by atoms with Gasteiger partial charge in [-0.3, -0.25) is 0 Å². The third-order valence-corrected chi connectivity index (χ3v) is 3.95. The summed E-state index contributed by atoms with van der Waals surface area (Å²) in [7, 11) is 0. The minimum Gasteiger partial charge on any atom is -0.461 e. The van der Waals surface area contributed by atoms with Crippen molar-refractivity contribution in [2.45, 2.75) is 26.7 Å². The van der Waals surface area contributed by atoms with E-state index >= 15 is 0 Å². The van der Waals surface area contributed by atoms with E-state index in [0.29, 0.717) is 16.9 Å². The van der Waals surface area contributed by atoms with Gasteiger partial charge >= 0.3 is 0 Å². The van der Waals surface area contributed by atoms with E-state index in [1.165, 1.54) is 5.56 Å². The SMILES string of the molecule is CCCc1ccc(-c2cc(-c3ccc(C)o3)c(C#N)c(N)n2)cc1. The van der Waals surface area contributed by atoms with Crippen LogP contribution in [0.4, 0.5) is 5.82 Å². The molecule has 2 heterocycles. The highest BCUT2D eigenvalue weighted by molar-refractivity contribution is 5.78. The number of rotatable bonds is 4. The molecule has 120 valence electrons. The molecule has 0 aliphatic carbocycles. The molecule has 0 bridgehead atoms. The van der Waals surface area contributed by atoms with Gasteiger partial charge in [0.05, 0.1) is 5.69 Å². The van der Waals surface area contributed by atoms with Crippen LogP contribution in [0.5, 0.6) is 0 Å². The molecular formula is C20H19N3O. The van der Waals surface area contributed by atoms with Crippen LogP contribution >= 0.6 is 0 Å². The Morgan fingerprint density at radius 2 is 1.92 bits per heavy atom. The van der Waals surface area contributed by atoms with E-state index < -0.39 is 0 Å². The van der Waals surface area contributed by atoms with E-state index in [4.69, 9.17) is 10.2 Å². The van der Waals surface area contributed by atoms with Crippen molar-refractivity contribution in [3.8, 4) is 28.7 Å². The second kappa shape index (κ2) is 6.59. The van der Waals surface area contributed by atoms with E-state index in [0.717, 1.165) is 29.9 Å². The Morgan fingerprint density at radius 3 is 2.50 bits per heavy atom. The molecule has 2 aromatic heterocycles. The molecule has 0 aliphatic rings. The molecule has 0 radical (unpaired) electrons. The Kier molecular flexibility index (Phi) is 4.35. The van der Waals surface area contributed by atoms with Crippen molar-refractivity contribution in [3.63, 3.8) is 0 Å². The van der Waals surface area contributed by atoms with Crippen LogP contribution in [0.3, 0.4) is 0 Å². The van der Waals surface area contributed by atoms with Gasteiger partial charge in [0, 0.05) is 11.1 Å². The summed E-state index contributed by atoms with van der Waals surface area (Å²) in [6.07, 6.45) is 2.17. The van der Waals surface area contributed by atoms with Crippen molar-refractivity contribution in [1.82, 2.24) is 4.98 Å². The van der Waals surface area contributed by atoms with E-state index in [1.54, 1.807) is 0 Å². The number of nitriles is 1. The maximum Gasteiger partial charge on any atom is 0.142 e. The molecule has 0 saturated carbocycles. The third kappa shape index (κ3) is 3.02. The number of nitrogens with two attached hydrogens (primary N) is 1. The minimum atomic E-state index is 0.219. The summed E-state index contributed by atoms with van der Waals surface area (Å²) >= 11 is 0. The fourth-order valence-corrected chi connectivity index (χ4v) is 2.73. The van der Waals surface area contributed by atoms with Crippen LogP contribution in [0.1, 0.15) is 30.2 Å². The lowest BCUT2D eigenvalue weighted by Gasteiger charge is -2.09. The number of hydrogen-bond donors (Lipinski definition) is 1. The molecule has 2 N–H and O–H groups in total.